The molecule has 0 radical (unpaired) electrons. The van der Waals surface area contributed by atoms with E-state index in [0.717, 1.165) is 28.0 Å². The van der Waals surface area contributed by atoms with Gasteiger partial charge in [-0.2, -0.15) is 0 Å². The zero-order valence-corrected chi connectivity index (χ0v) is 20.0. The summed E-state index contributed by atoms with van der Waals surface area (Å²) in [6, 6.07) is 21.2. The number of thiazole rings is 1. The topological polar surface area (TPSA) is 118 Å². The minimum atomic E-state index is -0.323. The van der Waals surface area contributed by atoms with Crippen LogP contribution in [0, 0.1) is 6.92 Å². The summed E-state index contributed by atoms with van der Waals surface area (Å²) in [6.45, 7) is 1.48. The Balaban J connectivity index is 1.22. The monoisotopic (exact) mass is 499 g/mol. The van der Waals surface area contributed by atoms with Crippen LogP contribution in [0.15, 0.2) is 82.1 Å². The Hall–Kier alpha value is -4.50. The van der Waals surface area contributed by atoms with Crippen LogP contribution in [0.4, 0.5) is 0 Å². The molecule has 3 aromatic heterocycles. The average molecular weight is 500 g/mol. The Morgan fingerprint density at radius 2 is 1.75 bits per heavy atom. The standard InChI is InChI=1S/C27H21N3O5S/c1-16-24(29-26(35-16)19-9-7-18(8-10-19)17-5-3-2-4-6-17)22(31)15-34-21-12-11-20(28-14-21)13-23-25(32)30-27(33)36-23/h2-12,14,32H,13,15H2,1H3,(H,30,33). The number of aromatic nitrogens is 3. The second kappa shape index (κ2) is 10.0. The highest BCUT2D eigenvalue weighted by atomic mass is 32.1. The molecule has 0 bridgehead atoms. The minimum absolute atomic E-state index is 0.146. The molecular weight excluding hydrogens is 478 g/mol. The van der Waals surface area contributed by atoms with Gasteiger partial charge in [-0.15, -0.1) is 0 Å². The number of H-pyrrole nitrogens is 1. The van der Waals surface area contributed by atoms with Crippen LogP contribution in [0.25, 0.3) is 22.6 Å². The molecular formula is C27H21N3O5S. The molecule has 3 heterocycles. The summed E-state index contributed by atoms with van der Waals surface area (Å²) in [5, 5.41) is 9.71. The third-order valence-corrected chi connectivity index (χ3v) is 6.38. The molecule has 0 fully saturated rings. The van der Waals surface area contributed by atoms with Gasteiger partial charge in [0.15, 0.2) is 12.3 Å². The molecule has 5 rings (SSSR count). The number of hydrogen-bond acceptors (Lipinski definition) is 8. The van der Waals surface area contributed by atoms with Crippen molar-refractivity contribution in [2.24, 2.45) is 0 Å². The molecule has 0 atom stereocenters. The van der Waals surface area contributed by atoms with Gasteiger partial charge in [0.05, 0.1) is 11.1 Å². The number of Topliss-reactive ketones (excluding diaryl/α,β-unsaturated/α-hetero) is 1. The fourth-order valence-electron chi connectivity index (χ4n) is 3.67. The van der Waals surface area contributed by atoms with E-state index in [1.807, 2.05) is 54.6 Å². The van der Waals surface area contributed by atoms with E-state index >= 15 is 0 Å². The summed E-state index contributed by atoms with van der Waals surface area (Å²) in [5.41, 5.74) is 3.83. The van der Waals surface area contributed by atoms with E-state index in [0.29, 0.717) is 34.4 Å². The lowest BCUT2D eigenvalue weighted by Gasteiger charge is -2.05. The molecule has 0 aliphatic rings. The van der Waals surface area contributed by atoms with Gasteiger partial charge in [-0.05, 0) is 42.3 Å². The number of rotatable bonds is 8. The van der Waals surface area contributed by atoms with Crippen molar-refractivity contribution >= 4 is 17.1 Å². The Labute approximate surface area is 209 Å². The molecule has 8 nitrogen and oxygen atoms in total. The lowest BCUT2D eigenvalue weighted by molar-refractivity contribution is 0.0915. The van der Waals surface area contributed by atoms with E-state index in [2.05, 4.69) is 15.0 Å². The maximum atomic E-state index is 12.7. The Kier molecular flexibility index (Phi) is 6.46. The van der Waals surface area contributed by atoms with Crippen molar-refractivity contribution in [1.82, 2.24) is 15.0 Å². The molecule has 0 unspecified atom stereocenters. The molecule has 180 valence electrons. The molecule has 0 saturated heterocycles. The van der Waals surface area contributed by atoms with Crippen molar-refractivity contribution in [3.8, 4) is 34.2 Å². The van der Waals surface area contributed by atoms with Gasteiger partial charge in [0.25, 0.3) is 0 Å². The summed E-state index contributed by atoms with van der Waals surface area (Å²) >= 11 is 0.934. The van der Waals surface area contributed by atoms with Crippen molar-refractivity contribution in [3.63, 3.8) is 0 Å². The van der Waals surface area contributed by atoms with Gasteiger partial charge >= 0.3 is 4.87 Å². The van der Waals surface area contributed by atoms with Crippen molar-refractivity contribution < 1.29 is 19.1 Å². The highest BCUT2D eigenvalue weighted by Crippen LogP contribution is 2.26. The van der Waals surface area contributed by atoms with Crippen LogP contribution >= 0.6 is 11.3 Å². The molecule has 0 saturated carbocycles. The SMILES string of the molecule is Cc1oc(-c2ccc(-c3ccccc3)cc2)nc1C(=O)COc1ccc(Cc2sc(=O)[nH]c2O)nc1. The number of hydrogen-bond donors (Lipinski definition) is 2. The summed E-state index contributed by atoms with van der Waals surface area (Å²) in [7, 11) is 0. The van der Waals surface area contributed by atoms with E-state index in [9.17, 15) is 14.7 Å². The molecule has 9 heteroatoms. The number of ether oxygens (including phenoxy) is 1. The predicted molar refractivity (Wildman–Crippen MR) is 136 cm³/mol. The number of aromatic amines is 1. The maximum Gasteiger partial charge on any atom is 0.307 e. The van der Waals surface area contributed by atoms with Gasteiger partial charge in [-0.3, -0.25) is 19.6 Å². The van der Waals surface area contributed by atoms with Crippen molar-refractivity contribution in [1.29, 1.82) is 0 Å². The first-order valence-corrected chi connectivity index (χ1v) is 11.9. The molecule has 36 heavy (non-hydrogen) atoms. The fraction of sp³-hybridized carbons (Fsp3) is 0.111. The normalized spacial score (nSPS) is 10.9. The van der Waals surface area contributed by atoms with Crippen molar-refractivity contribution in [3.05, 3.63) is 105 Å². The second-order valence-corrected chi connectivity index (χ2v) is 9.10. The molecule has 0 aliphatic carbocycles. The van der Waals surface area contributed by atoms with Gasteiger partial charge < -0.3 is 14.3 Å². The molecule has 2 N–H and O–H groups in total. The molecule has 2 aromatic carbocycles. The van der Waals surface area contributed by atoms with Crippen LogP contribution in [-0.2, 0) is 6.42 Å². The number of nitrogens with one attached hydrogen (secondary N) is 1. The maximum absolute atomic E-state index is 12.7. The van der Waals surface area contributed by atoms with Crippen LogP contribution in [0.2, 0.25) is 0 Å². The third kappa shape index (κ3) is 5.11. The highest BCUT2D eigenvalue weighted by molar-refractivity contribution is 7.09. The van der Waals surface area contributed by atoms with Crippen LogP contribution < -0.4 is 9.61 Å². The number of oxazole rings is 1. The predicted octanol–water partition coefficient (Wildman–Crippen LogP) is 5.02. The smallest absolute Gasteiger partial charge is 0.307 e. The molecule has 0 aliphatic heterocycles. The Bertz CT molecular complexity index is 1550. The second-order valence-electron chi connectivity index (χ2n) is 8.03. The first-order valence-electron chi connectivity index (χ1n) is 11.1. The van der Waals surface area contributed by atoms with Gasteiger partial charge in [0.2, 0.25) is 17.6 Å². The number of aromatic hydroxyl groups is 1. The first kappa shape index (κ1) is 23.3. The quantitative estimate of drug-likeness (QED) is 0.288. The summed E-state index contributed by atoms with van der Waals surface area (Å²) < 4.78 is 11.4. The van der Waals surface area contributed by atoms with Gasteiger partial charge in [0.1, 0.15) is 11.5 Å². The van der Waals surface area contributed by atoms with Gasteiger partial charge in [-0.25, -0.2) is 4.98 Å². The van der Waals surface area contributed by atoms with Gasteiger partial charge in [-0.1, -0.05) is 53.8 Å². The molecule has 5 aromatic rings. The number of aryl methyl sites for hydroxylation is 1. The number of carbonyl (C=O) groups is 1. The number of pyridine rings is 1. The summed E-state index contributed by atoms with van der Waals surface area (Å²) in [6.07, 6.45) is 1.80. The van der Waals surface area contributed by atoms with E-state index in [1.54, 1.807) is 19.1 Å². The summed E-state index contributed by atoms with van der Waals surface area (Å²) in [4.78, 5) is 35.2. The van der Waals surface area contributed by atoms with Crippen LogP contribution in [0.1, 0.15) is 26.8 Å². The number of benzene rings is 2. The van der Waals surface area contributed by atoms with E-state index < -0.39 is 0 Å². The lowest BCUT2D eigenvalue weighted by Crippen LogP contribution is -2.13. The van der Waals surface area contributed by atoms with Crippen LogP contribution in [0.5, 0.6) is 11.6 Å². The van der Waals surface area contributed by atoms with Crippen molar-refractivity contribution in [2.45, 2.75) is 13.3 Å². The van der Waals surface area contributed by atoms with Crippen LogP contribution in [-0.4, -0.2) is 32.4 Å². The lowest BCUT2D eigenvalue weighted by atomic mass is 10.0. The largest absolute Gasteiger partial charge is 0.494 e. The third-order valence-electron chi connectivity index (χ3n) is 5.51. The number of nitrogens with zero attached hydrogens (tertiary/aromatic N) is 2. The Morgan fingerprint density at radius 3 is 2.42 bits per heavy atom. The van der Waals surface area contributed by atoms with E-state index in [1.165, 1.54) is 6.20 Å². The number of carbonyl (C=O) groups excluding carboxylic acids is 1. The first-order chi connectivity index (χ1) is 17.5. The van der Waals surface area contributed by atoms with E-state index in [4.69, 9.17) is 9.15 Å². The van der Waals surface area contributed by atoms with E-state index in [-0.39, 0.29) is 28.8 Å². The number of ketones is 1. The highest BCUT2D eigenvalue weighted by Gasteiger charge is 2.19. The molecule has 0 spiro atoms. The summed E-state index contributed by atoms with van der Waals surface area (Å²) in [5.74, 6) is 0.750. The van der Waals surface area contributed by atoms with Crippen molar-refractivity contribution in [2.75, 3.05) is 6.61 Å². The minimum Gasteiger partial charge on any atom is -0.494 e. The zero-order chi connectivity index (χ0) is 25.1. The average Bonchev–Trinajstić information content (AvgIpc) is 3.44. The molecule has 0 amide bonds. The zero-order valence-electron chi connectivity index (χ0n) is 19.2. The van der Waals surface area contributed by atoms with Crippen LogP contribution in [0.3, 0.4) is 0 Å². The Morgan fingerprint density at radius 1 is 1.03 bits per heavy atom. The van der Waals surface area contributed by atoms with Gasteiger partial charge in [0, 0.05) is 17.7 Å². The fourth-order valence-corrected chi connectivity index (χ4v) is 4.41.